The zero-order chi connectivity index (χ0) is 17.8. The van der Waals surface area contributed by atoms with Crippen LogP contribution < -0.4 is 21.1 Å². The van der Waals surface area contributed by atoms with Gasteiger partial charge >= 0.3 is 0 Å². The van der Waals surface area contributed by atoms with E-state index in [4.69, 9.17) is 0 Å². The van der Waals surface area contributed by atoms with Crippen molar-refractivity contribution in [1.82, 2.24) is 16.2 Å². The zero-order valence-corrected chi connectivity index (χ0v) is 16.0. The molecule has 2 atom stereocenters. The lowest BCUT2D eigenvalue weighted by molar-refractivity contribution is -0.125. The van der Waals surface area contributed by atoms with Crippen molar-refractivity contribution in [2.45, 2.75) is 12.6 Å². The Morgan fingerprint density at radius 2 is 2.00 bits per heavy atom. The SMILES string of the molecule is CN(C)c1ccc(CNC(=O)C2CNNC2c2cccc(Br)c2)cc1. The van der Waals surface area contributed by atoms with Crippen molar-refractivity contribution in [3.63, 3.8) is 0 Å². The quantitative estimate of drug-likeness (QED) is 0.719. The molecule has 5 nitrogen and oxygen atoms in total. The summed E-state index contributed by atoms with van der Waals surface area (Å²) in [7, 11) is 4.03. The van der Waals surface area contributed by atoms with Crippen LogP contribution in [0.1, 0.15) is 17.2 Å². The third-order valence-electron chi connectivity index (χ3n) is 4.45. The maximum atomic E-state index is 12.7. The molecule has 132 valence electrons. The fourth-order valence-corrected chi connectivity index (χ4v) is 3.41. The Bertz CT molecular complexity index is 732. The van der Waals surface area contributed by atoms with Crippen molar-refractivity contribution < 1.29 is 4.79 Å². The summed E-state index contributed by atoms with van der Waals surface area (Å²) in [6.07, 6.45) is 0. The monoisotopic (exact) mass is 402 g/mol. The number of nitrogens with zero attached hydrogens (tertiary/aromatic N) is 1. The van der Waals surface area contributed by atoms with Crippen molar-refractivity contribution in [1.29, 1.82) is 0 Å². The molecule has 0 spiro atoms. The Kier molecular flexibility index (Phi) is 5.73. The first-order valence-electron chi connectivity index (χ1n) is 8.32. The number of nitrogens with one attached hydrogen (secondary N) is 3. The average Bonchev–Trinajstić information content (AvgIpc) is 3.10. The number of hydrogen-bond acceptors (Lipinski definition) is 4. The van der Waals surface area contributed by atoms with Crippen LogP contribution in [-0.4, -0.2) is 26.5 Å². The van der Waals surface area contributed by atoms with Crippen LogP contribution >= 0.6 is 15.9 Å². The van der Waals surface area contributed by atoms with Crippen LogP contribution in [0, 0.1) is 5.92 Å². The topological polar surface area (TPSA) is 56.4 Å². The fraction of sp³-hybridized carbons (Fsp3) is 0.316. The third kappa shape index (κ3) is 4.39. The summed E-state index contributed by atoms with van der Waals surface area (Å²) in [5.74, 6) is -0.0884. The van der Waals surface area contributed by atoms with E-state index in [0.717, 1.165) is 21.3 Å². The maximum absolute atomic E-state index is 12.7. The molecule has 0 saturated carbocycles. The number of halogens is 1. The summed E-state index contributed by atoms with van der Waals surface area (Å²) >= 11 is 3.49. The molecule has 1 saturated heterocycles. The normalized spacial score (nSPS) is 19.6. The zero-order valence-electron chi connectivity index (χ0n) is 14.4. The summed E-state index contributed by atoms with van der Waals surface area (Å²) in [5, 5.41) is 3.06. The van der Waals surface area contributed by atoms with E-state index in [2.05, 4.69) is 49.1 Å². The van der Waals surface area contributed by atoms with Crippen LogP contribution in [0.3, 0.4) is 0 Å². The van der Waals surface area contributed by atoms with Crippen LogP contribution in [0.2, 0.25) is 0 Å². The second-order valence-corrected chi connectivity index (χ2v) is 7.36. The van der Waals surface area contributed by atoms with Gasteiger partial charge in [-0.05, 0) is 35.4 Å². The summed E-state index contributed by atoms with van der Waals surface area (Å²) < 4.78 is 1.01. The fourth-order valence-electron chi connectivity index (χ4n) is 2.99. The highest BCUT2D eigenvalue weighted by atomic mass is 79.9. The van der Waals surface area contributed by atoms with Gasteiger partial charge < -0.3 is 10.2 Å². The minimum absolute atomic E-state index is 0.0337. The van der Waals surface area contributed by atoms with E-state index in [1.165, 1.54) is 0 Å². The van der Waals surface area contributed by atoms with Gasteiger partial charge in [-0.25, -0.2) is 5.43 Å². The van der Waals surface area contributed by atoms with Crippen molar-refractivity contribution in [3.05, 3.63) is 64.1 Å². The summed E-state index contributed by atoms with van der Waals surface area (Å²) in [6.45, 7) is 1.15. The Morgan fingerprint density at radius 1 is 1.24 bits per heavy atom. The highest BCUT2D eigenvalue weighted by Gasteiger charge is 2.33. The summed E-state index contributed by atoms with van der Waals surface area (Å²) in [4.78, 5) is 14.7. The van der Waals surface area contributed by atoms with Gasteiger partial charge in [-0.3, -0.25) is 10.2 Å². The molecule has 0 aliphatic carbocycles. The molecule has 2 unspecified atom stereocenters. The maximum Gasteiger partial charge on any atom is 0.226 e. The molecule has 6 heteroatoms. The van der Waals surface area contributed by atoms with Gasteiger partial charge in [0.05, 0.1) is 12.0 Å². The molecule has 0 aromatic heterocycles. The predicted octanol–water partition coefficient (Wildman–Crippen LogP) is 2.60. The van der Waals surface area contributed by atoms with Gasteiger partial charge in [-0.15, -0.1) is 0 Å². The molecule has 1 amide bonds. The van der Waals surface area contributed by atoms with Crippen molar-refractivity contribution in [2.24, 2.45) is 5.92 Å². The van der Waals surface area contributed by atoms with Crippen LogP contribution in [0.25, 0.3) is 0 Å². The van der Waals surface area contributed by atoms with Crippen LogP contribution in [0.5, 0.6) is 0 Å². The van der Waals surface area contributed by atoms with E-state index in [-0.39, 0.29) is 17.9 Å². The van der Waals surface area contributed by atoms with E-state index in [1.54, 1.807) is 0 Å². The molecule has 1 aliphatic rings. The molecule has 1 aliphatic heterocycles. The van der Waals surface area contributed by atoms with Gasteiger partial charge in [0.15, 0.2) is 0 Å². The van der Waals surface area contributed by atoms with Crippen LogP contribution in [-0.2, 0) is 11.3 Å². The Labute approximate surface area is 156 Å². The Hall–Kier alpha value is -1.89. The largest absolute Gasteiger partial charge is 0.378 e. The number of hydrogen-bond donors (Lipinski definition) is 3. The van der Waals surface area contributed by atoms with Gasteiger partial charge in [-0.2, -0.15) is 0 Å². The second-order valence-electron chi connectivity index (χ2n) is 6.44. The van der Waals surface area contributed by atoms with E-state index >= 15 is 0 Å². The number of carbonyl (C=O) groups is 1. The first-order valence-corrected chi connectivity index (χ1v) is 9.12. The predicted molar refractivity (Wildman–Crippen MR) is 104 cm³/mol. The van der Waals surface area contributed by atoms with Gasteiger partial charge in [0.1, 0.15) is 0 Å². The lowest BCUT2D eigenvalue weighted by Crippen LogP contribution is -2.34. The first-order chi connectivity index (χ1) is 12.0. The molecule has 3 rings (SSSR count). The smallest absolute Gasteiger partial charge is 0.226 e. The highest BCUT2D eigenvalue weighted by Crippen LogP contribution is 2.27. The second kappa shape index (κ2) is 7.99. The minimum Gasteiger partial charge on any atom is -0.378 e. The van der Waals surface area contributed by atoms with Crippen LogP contribution in [0.4, 0.5) is 5.69 Å². The van der Waals surface area contributed by atoms with E-state index < -0.39 is 0 Å². The van der Waals surface area contributed by atoms with Gasteiger partial charge in [0.25, 0.3) is 0 Å². The molecule has 1 fully saturated rings. The lowest BCUT2D eigenvalue weighted by atomic mass is 9.94. The molecule has 1 heterocycles. The minimum atomic E-state index is -0.143. The molecule has 2 aromatic carbocycles. The Balaban J connectivity index is 1.62. The van der Waals surface area contributed by atoms with E-state index in [0.29, 0.717) is 13.1 Å². The average molecular weight is 403 g/mol. The number of carbonyl (C=O) groups excluding carboxylic acids is 1. The first kappa shape index (κ1) is 17.9. The molecular formula is C19H23BrN4O. The molecule has 25 heavy (non-hydrogen) atoms. The summed E-state index contributed by atoms with van der Waals surface area (Å²) in [5.41, 5.74) is 9.65. The molecule has 0 bridgehead atoms. The number of benzene rings is 2. The highest BCUT2D eigenvalue weighted by molar-refractivity contribution is 9.10. The number of hydrazine groups is 1. The molecule has 3 N–H and O–H groups in total. The van der Waals surface area contributed by atoms with Crippen molar-refractivity contribution in [2.75, 3.05) is 25.5 Å². The lowest BCUT2D eigenvalue weighted by Gasteiger charge is -2.19. The van der Waals surface area contributed by atoms with Gasteiger partial charge in [0.2, 0.25) is 5.91 Å². The van der Waals surface area contributed by atoms with Crippen molar-refractivity contribution >= 4 is 27.5 Å². The molecular weight excluding hydrogens is 380 g/mol. The van der Waals surface area contributed by atoms with Gasteiger partial charge in [0, 0.05) is 37.3 Å². The van der Waals surface area contributed by atoms with E-state index in [9.17, 15) is 4.79 Å². The summed E-state index contributed by atoms with van der Waals surface area (Å²) in [6, 6.07) is 16.2. The molecule has 0 radical (unpaired) electrons. The van der Waals surface area contributed by atoms with Gasteiger partial charge in [-0.1, -0.05) is 40.2 Å². The van der Waals surface area contributed by atoms with Crippen LogP contribution in [0.15, 0.2) is 53.0 Å². The van der Waals surface area contributed by atoms with Crippen molar-refractivity contribution in [3.8, 4) is 0 Å². The number of amides is 1. The number of anilines is 1. The molecule has 2 aromatic rings. The third-order valence-corrected chi connectivity index (χ3v) is 4.94. The van der Waals surface area contributed by atoms with E-state index in [1.807, 2.05) is 50.5 Å². The Morgan fingerprint density at radius 3 is 2.68 bits per heavy atom. The number of rotatable bonds is 5. The standard InChI is InChI=1S/C19H23BrN4O/c1-24(2)16-8-6-13(7-9-16)11-21-19(25)17-12-22-23-18(17)14-4-3-5-15(20)10-14/h3-10,17-18,22-23H,11-12H2,1-2H3,(H,21,25).